The van der Waals surface area contributed by atoms with Crippen molar-refractivity contribution >= 4 is 33.6 Å². The minimum atomic E-state index is -0.663. The third-order valence-electron chi connectivity index (χ3n) is 3.91. The maximum absolute atomic E-state index is 13.8. The largest absolute Gasteiger partial charge is 0.486 e. The molecule has 0 radical (unpaired) electrons. The van der Waals surface area contributed by atoms with E-state index in [2.05, 4.69) is 26.6 Å². The minimum Gasteiger partial charge on any atom is -0.486 e. The Morgan fingerprint density at radius 1 is 1.14 bits per heavy atom. The van der Waals surface area contributed by atoms with Crippen molar-refractivity contribution < 1.29 is 23.5 Å². The smallest absolute Gasteiger partial charge is 0.325 e. The summed E-state index contributed by atoms with van der Waals surface area (Å²) in [5, 5.41) is 4.82. The summed E-state index contributed by atoms with van der Waals surface area (Å²) in [7, 11) is 1.67. The first-order valence-corrected chi connectivity index (χ1v) is 9.33. The number of hydrogen-bond donors (Lipinski definition) is 2. The van der Waals surface area contributed by atoms with Gasteiger partial charge in [-0.1, -0.05) is 15.9 Å². The van der Waals surface area contributed by atoms with Crippen LogP contribution in [0, 0.1) is 5.82 Å². The van der Waals surface area contributed by atoms with Crippen molar-refractivity contribution in [2.75, 3.05) is 32.1 Å². The summed E-state index contributed by atoms with van der Waals surface area (Å²) < 4.78 is 25.4. The second-order valence-corrected chi connectivity index (χ2v) is 7.18. The zero-order valence-corrected chi connectivity index (χ0v) is 16.7. The van der Waals surface area contributed by atoms with Crippen LogP contribution in [0.25, 0.3) is 0 Å². The number of urea groups is 1. The zero-order valence-electron chi connectivity index (χ0n) is 15.1. The van der Waals surface area contributed by atoms with E-state index < -0.39 is 11.9 Å². The van der Waals surface area contributed by atoms with Gasteiger partial charge < -0.3 is 14.8 Å². The lowest BCUT2D eigenvalue weighted by Crippen LogP contribution is -2.40. The first kappa shape index (κ1) is 20.1. The summed E-state index contributed by atoms with van der Waals surface area (Å²) in [5.41, 5.74) is 0.921. The van der Waals surface area contributed by atoms with Crippen LogP contribution in [0.3, 0.4) is 0 Å². The number of imide groups is 1. The molecule has 3 rings (SSSR count). The molecule has 9 heteroatoms. The number of halogens is 2. The molecule has 0 saturated carbocycles. The van der Waals surface area contributed by atoms with E-state index in [-0.39, 0.29) is 18.9 Å². The monoisotopic (exact) mass is 451 g/mol. The number of ether oxygens (including phenoxy) is 2. The van der Waals surface area contributed by atoms with Crippen LogP contribution >= 0.6 is 15.9 Å². The fraction of sp³-hybridized carbons (Fsp3) is 0.263. The van der Waals surface area contributed by atoms with Gasteiger partial charge in [0.05, 0.1) is 6.54 Å². The van der Waals surface area contributed by atoms with E-state index in [0.29, 0.717) is 36.0 Å². The van der Waals surface area contributed by atoms with Crippen LogP contribution < -0.4 is 20.1 Å². The molecule has 0 aliphatic carbocycles. The first-order chi connectivity index (χ1) is 13.4. The molecule has 0 bridgehead atoms. The van der Waals surface area contributed by atoms with Gasteiger partial charge in [0.25, 0.3) is 0 Å². The molecule has 2 aromatic rings. The molecule has 2 N–H and O–H groups in total. The molecule has 1 heterocycles. The van der Waals surface area contributed by atoms with Crippen molar-refractivity contribution in [2.45, 2.75) is 6.54 Å². The molecule has 1 aliphatic rings. The van der Waals surface area contributed by atoms with Crippen LogP contribution in [0.5, 0.6) is 11.5 Å². The molecule has 148 valence electrons. The molecule has 0 unspecified atom stereocenters. The molecule has 0 atom stereocenters. The average molecular weight is 452 g/mol. The van der Waals surface area contributed by atoms with Gasteiger partial charge in [-0.3, -0.25) is 15.0 Å². The number of carbonyl (C=O) groups excluding carboxylic acids is 2. The topological polar surface area (TPSA) is 79.9 Å². The van der Waals surface area contributed by atoms with Crippen molar-refractivity contribution in [2.24, 2.45) is 0 Å². The number of nitrogens with one attached hydrogen (secondary N) is 2. The van der Waals surface area contributed by atoms with E-state index in [9.17, 15) is 14.0 Å². The Hall–Kier alpha value is -2.65. The summed E-state index contributed by atoms with van der Waals surface area (Å²) in [5.74, 6) is 0.278. The van der Waals surface area contributed by atoms with Crippen LogP contribution in [-0.2, 0) is 11.3 Å². The van der Waals surface area contributed by atoms with Gasteiger partial charge in [0, 0.05) is 28.3 Å². The Labute approximate surface area is 169 Å². The molecule has 1 aliphatic heterocycles. The van der Waals surface area contributed by atoms with E-state index in [1.165, 1.54) is 6.07 Å². The van der Waals surface area contributed by atoms with Crippen molar-refractivity contribution in [3.63, 3.8) is 0 Å². The lowest BCUT2D eigenvalue weighted by Gasteiger charge is -2.19. The summed E-state index contributed by atoms with van der Waals surface area (Å²) in [6, 6.07) is 8.91. The van der Waals surface area contributed by atoms with E-state index >= 15 is 0 Å². The standard InChI is InChI=1S/C19H19BrFN3O4/c1-24(10-12-8-13(20)2-4-15(12)21)11-18(25)23-19(26)22-14-3-5-16-17(9-14)28-7-6-27-16/h2-5,8-9H,6-7,10-11H2,1H3,(H2,22,23,25,26). The van der Waals surface area contributed by atoms with Crippen LogP contribution in [0.15, 0.2) is 40.9 Å². The molecule has 28 heavy (non-hydrogen) atoms. The first-order valence-electron chi connectivity index (χ1n) is 8.53. The maximum Gasteiger partial charge on any atom is 0.325 e. The van der Waals surface area contributed by atoms with E-state index in [1.807, 2.05) is 0 Å². The van der Waals surface area contributed by atoms with Gasteiger partial charge in [0.1, 0.15) is 19.0 Å². The van der Waals surface area contributed by atoms with Crippen molar-refractivity contribution in [1.29, 1.82) is 0 Å². The van der Waals surface area contributed by atoms with Gasteiger partial charge in [-0.25, -0.2) is 9.18 Å². The number of hydrogen-bond acceptors (Lipinski definition) is 5. The summed E-state index contributed by atoms with van der Waals surface area (Å²) in [4.78, 5) is 25.7. The second-order valence-electron chi connectivity index (χ2n) is 6.27. The third kappa shape index (κ3) is 5.43. The van der Waals surface area contributed by atoms with Gasteiger partial charge in [-0.2, -0.15) is 0 Å². The Morgan fingerprint density at radius 2 is 1.89 bits per heavy atom. The highest BCUT2D eigenvalue weighted by Gasteiger charge is 2.15. The highest BCUT2D eigenvalue weighted by molar-refractivity contribution is 9.10. The molecule has 3 amide bonds. The number of amides is 3. The predicted molar refractivity (Wildman–Crippen MR) is 105 cm³/mol. The fourth-order valence-corrected chi connectivity index (χ4v) is 3.11. The van der Waals surface area contributed by atoms with Crippen LogP contribution in [-0.4, -0.2) is 43.6 Å². The van der Waals surface area contributed by atoms with E-state index in [4.69, 9.17) is 9.47 Å². The number of carbonyl (C=O) groups is 2. The molecular formula is C19H19BrFN3O4. The minimum absolute atomic E-state index is 0.0689. The van der Waals surface area contributed by atoms with E-state index in [1.54, 1.807) is 42.3 Å². The fourth-order valence-electron chi connectivity index (χ4n) is 2.71. The van der Waals surface area contributed by atoms with Crippen LogP contribution in [0.1, 0.15) is 5.56 Å². The van der Waals surface area contributed by atoms with E-state index in [0.717, 1.165) is 4.47 Å². The van der Waals surface area contributed by atoms with Crippen molar-refractivity contribution in [3.05, 3.63) is 52.3 Å². The lowest BCUT2D eigenvalue weighted by molar-refractivity contribution is -0.120. The SMILES string of the molecule is CN(CC(=O)NC(=O)Nc1ccc2c(c1)OCCO2)Cc1cc(Br)ccc1F. The van der Waals surface area contributed by atoms with Crippen molar-refractivity contribution in [1.82, 2.24) is 10.2 Å². The van der Waals surface area contributed by atoms with Crippen LogP contribution in [0.4, 0.5) is 14.9 Å². The van der Waals surface area contributed by atoms with Gasteiger partial charge >= 0.3 is 6.03 Å². The molecule has 2 aromatic carbocycles. The Morgan fingerprint density at radius 3 is 2.68 bits per heavy atom. The molecule has 0 spiro atoms. The molecule has 0 fully saturated rings. The molecule has 0 saturated heterocycles. The number of likely N-dealkylation sites (N-methyl/N-ethyl adjacent to an activating group) is 1. The normalized spacial score (nSPS) is 12.6. The Kier molecular flexibility index (Phi) is 6.48. The lowest BCUT2D eigenvalue weighted by atomic mass is 10.2. The molecule has 7 nitrogen and oxygen atoms in total. The third-order valence-corrected chi connectivity index (χ3v) is 4.41. The Balaban J connectivity index is 1.50. The molecular weight excluding hydrogens is 433 g/mol. The van der Waals surface area contributed by atoms with Gasteiger partial charge in [-0.15, -0.1) is 0 Å². The van der Waals surface area contributed by atoms with Crippen LogP contribution in [0.2, 0.25) is 0 Å². The maximum atomic E-state index is 13.8. The number of fused-ring (bicyclic) bond motifs is 1. The second kappa shape index (κ2) is 9.03. The number of nitrogens with zero attached hydrogens (tertiary/aromatic N) is 1. The Bertz CT molecular complexity index is 893. The molecule has 0 aromatic heterocycles. The summed E-state index contributed by atoms with van der Waals surface area (Å²) >= 11 is 3.29. The number of anilines is 1. The van der Waals surface area contributed by atoms with Gasteiger partial charge in [0.15, 0.2) is 11.5 Å². The number of rotatable bonds is 5. The zero-order chi connectivity index (χ0) is 20.1. The van der Waals surface area contributed by atoms with Crippen molar-refractivity contribution in [3.8, 4) is 11.5 Å². The predicted octanol–water partition coefficient (Wildman–Crippen LogP) is 3.14. The highest BCUT2D eigenvalue weighted by atomic mass is 79.9. The average Bonchev–Trinajstić information content (AvgIpc) is 2.64. The summed E-state index contributed by atoms with van der Waals surface area (Å²) in [6.07, 6.45) is 0. The number of benzene rings is 2. The summed E-state index contributed by atoms with van der Waals surface area (Å²) in [6.45, 7) is 1.07. The highest BCUT2D eigenvalue weighted by Crippen LogP contribution is 2.32. The van der Waals surface area contributed by atoms with Gasteiger partial charge in [0.2, 0.25) is 5.91 Å². The van der Waals surface area contributed by atoms with Gasteiger partial charge in [-0.05, 0) is 37.4 Å². The quantitative estimate of drug-likeness (QED) is 0.729.